The van der Waals surface area contributed by atoms with Gasteiger partial charge in [0.25, 0.3) is 0 Å². The Morgan fingerprint density at radius 3 is 2.72 bits per heavy atom. The lowest BCUT2D eigenvalue weighted by molar-refractivity contribution is -0.140. The van der Waals surface area contributed by atoms with Crippen LogP contribution in [0, 0.1) is 0 Å². The van der Waals surface area contributed by atoms with Crippen LogP contribution in [0.1, 0.15) is 48.5 Å². The molecule has 5 nitrogen and oxygen atoms in total. The molecule has 1 aliphatic heterocycles. The summed E-state index contributed by atoms with van der Waals surface area (Å²) in [6.45, 7) is 0. The second-order valence-electron chi connectivity index (χ2n) is 7.85. The Morgan fingerprint density at radius 1 is 1.14 bits per heavy atom. The van der Waals surface area contributed by atoms with E-state index in [0.29, 0.717) is 0 Å². The Balaban J connectivity index is 1.42. The van der Waals surface area contributed by atoms with Crippen molar-refractivity contribution < 1.29 is 14.6 Å². The molecule has 0 fully saturated rings. The van der Waals surface area contributed by atoms with E-state index < -0.39 is 12.0 Å². The molecule has 4 rings (SSSR count). The van der Waals surface area contributed by atoms with Gasteiger partial charge in [0.05, 0.1) is 7.11 Å². The van der Waals surface area contributed by atoms with Crippen molar-refractivity contribution in [3.8, 4) is 5.75 Å². The van der Waals surface area contributed by atoms with Crippen molar-refractivity contribution in [1.82, 2.24) is 10.3 Å². The zero-order valence-electron chi connectivity index (χ0n) is 16.8. The number of fused-ring (bicyclic) bond motifs is 3. The molecule has 0 amide bonds. The van der Waals surface area contributed by atoms with Crippen molar-refractivity contribution in [3.63, 3.8) is 0 Å². The van der Waals surface area contributed by atoms with E-state index in [1.807, 2.05) is 24.3 Å². The predicted molar refractivity (Wildman–Crippen MR) is 114 cm³/mol. The number of H-pyrrole nitrogens is 1. The molecular weight excluding hydrogens is 364 g/mol. The van der Waals surface area contributed by atoms with E-state index in [0.717, 1.165) is 66.4 Å². The van der Waals surface area contributed by atoms with Gasteiger partial charge < -0.3 is 14.8 Å². The average Bonchev–Trinajstić information content (AvgIpc) is 3.11. The van der Waals surface area contributed by atoms with Crippen LogP contribution in [-0.2, 0) is 17.6 Å². The van der Waals surface area contributed by atoms with Crippen LogP contribution in [0.2, 0.25) is 0 Å². The molecule has 2 aromatic carbocycles. The SMILES string of the molecule is COc1ccc2[nH]c3c(c2c1)CC(CCCCCc1ccccc1)NC3C(=O)O. The molecule has 3 aromatic rings. The first-order chi connectivity index (χ1) is 14.2. The lowest BCUT2D eigenvalue weighted by Crippen LogP contribution is -2.42. The van der Waals surface area contributed by atoms with Crippen LogP contribution in [-0.4, -0.2) is 29.2 Å². The number of rotatable bonds is 8. The minimum Gasteiger partial charge on any atom is -0.497 e. The number of ether oxygens (including phenoxy) is 1. The zero-order chi connectivity index (χ0) is 20.2. The minimum atomic E-state index is -0.835. The van der Waals surface area contributed by atoms with Crippen LogP contribution < -0.4 is 10.1 Å². The third kappa shape index (κ3) is 4.30. The monoisotopic (exact) mass is 392 g/mol. The number of aromatic nitrogens is 1. The first kappa shape index (κ1) is 19.5. The molecule has 0 spiro atoms. The van der Waals surface area contributed by atoms with Crippen LogP contribution in [0.25, 0.3) is 10.9 Å². The number of carbonyl (C=O) groups is 1. The number of aryl methyl sites for hydroxylation is 1. The molecule has 5 heteroatoms. The van der Waals surface area contributed by atoms with Crippen molar-refractivity contribution in [2.75, 3.05) is 7.11 Å². The van der Waals surface area contributed by atoms with Gasteiger partial charge in [0.1, 0.15) is 11.8 Å². The second-order valence-corrected chi connectivity index (χ2v) is 7.85. The summed E-state index contributed by atoms with van der Waals surface area (Å²) >= 11 is 0. The zero-order valence-corrected chi connectivity index (χ0v) is 16.8. The molecule has 0 bridgehead atoms. The second kappa shape index (κ2) is 8.70. The standard InChI is InChI=1S/C24H28N2O3/c1-29-18-12-13-21-19(15-18)20-14-17(25-23(24(27)28)22(20)26-21)11-7-3-6-10-16-8-4-2-5-9-16/h2,4-5,8-9,12-13,15,17,23,25-26H,3,6-7,10-11,14H2,1H3,(H,27,28). The Kier molecular flexibility index (Phi) is 5.86. The number of carboxylic acid groups (broad SMARTS) is 1. The molecule has 0 radical (unpaired) electrons. The van der Waals surface area contributed by atoms with Gasteiger partial charge in [0, 0.05) is 22.6 Å². The van der Waals surface area contributed by atoms with Crippen LogP contribution >= 0.6 is 0 Å². The summed E-state index contributed by atoms with van der Waals surface area (Å²) < 4.78 is 5.37. The Labute approximate surface area is 171 Å². The Hall–Kier alpha value is -2.79. The van der Waals surface area contributed by atoms with E-state index in [-0.39, 0.29) is 6.04 Å². The molecular formula is C24H28N2O3. The molecule has 29 heavy (non-hydrogen) atoms. The largest absolute Gasteiger partial charge is 0.497 e. The van der Waals surface area contributed by atoms with E-state index in [2.05, 4.69) is 34.6 Å². The highest BCUT2D eigenvalue weighted by molar-refractivity contribution is 5.89. The molecule has 1 aromatic heterocycles. The molecule has 0 saturated carbocycles. The van der Waals surface area contributed by atoms with E-state index >= 15 is 0 Å². The number of nitrogens with one attached hydrogen (secondary N) is 2. The van der Waals surface area contributed by atoms with Gasteiger partial charge in [-0.2, -0.15) is 0 Å². The summed E-state index contributed by atoms with van der Waals surface area (Å²) in [6, 6.07) is 15.9. The summed E-state index contributed by atoms with van der Waals surface area (Å²) in [5.41, 5.74) is 4.24. The highest BCUT2D eigenvalue weighted by atomic mass is 16.5. The summed E-state index contributed by atoms with van der Waals surface area (Å²) in [5, 5.41) is 14.2. The molecule has 1 aliphatic rings. The quantitative estimate of drug-likeness (QED) is 0.489. The topological polar surface area (TPSA) is 74.3 Å². The van der Waals surface area contributed by atoms with Gasteiger partial charge in [-0.05, 0) is 55.0 Å². The number of carboxylic acids is 1. The fourth-order valence-electron chi connectivity index (χ4n) is 4.39. The van der Waals surface area contributed by atoms with Gasteiger partial charge in [-0.15, -0.1) is 0 Å². The Bertz CT molecular complexity index is 980. The summed E-state index contributed by atoms with van der Waals surface area (Å²) in [7, 11) is 1.65. The maximum atomic E-state index is 11.9. The number of benzene rings is 2. The average molecular weight is 392 g/mol. The van der Waals surface area contributed by atoms with E-state index in [9.17, 15) is 9.90 Å². The van der Waals surface area contributed by atoms with Gasteiger partial charge in [-0.1, -0.05) is 43.2 Å². The molecule has 0 saturated heterocycles. The lowest BCUT2D eigenvalue weighted by atomic mass is 9.91. The molecule has 3 N–H and O–H groups in total. The van der Waals surface area contributed by atoms with Crippen molar-refractivity contribution in [2.45, 2.75) is 50.6 Å². The number of hydrogen-bond donors (Lipinski definition) is 3. The number of hydrogen-bond acceptors (Lipinski definition) is 3. The highest BCUT2D eigenvalue weighted by Gasteiger charge is 2.33. The molecule has 2 heterocycles. The highest BCUT2D eigenvalue weighted by Crippen LogP contribution is 2.34. The van der Waals surface area contributed by atoms with Gasteiger partial charge >= 0.3 is 5.97 Å². The molecule has 2 atom stereocenters. The number of aliphatic carboxylic acids is 1. The molecule has 152 valence electrons. The van der Waals surface area contributed by atoms with E-state index in [1.165, 1.54) is 5.56 Å². The first-order valence-electron chi connectivity index (χ1n) is 10.4. The van der Waals surface area contributed by atoms with Crippen molar-refractivity contribution in [2.24, 2.45) is 0 Å². The smallest absolute Gasteiger partial charge is 0.326 e. The number of unbranched alkanes of at least 4 members (excludes halogenated alkanes) is 2. The fourth-order valence-corrected chi connectivity index (χ4v) is 4.39. The van der Waals surface area contributed by atoms with E-state index in [1.54, 1.807) is 7.11 Å². The third-order valence-corrected chi connectivity index (χ3v) is 5.90. The van der Waals surface area contributed by atoms with Crippen LogP contribution in [0.15, 0.2) is 48.5 Å². The molecule has 2 unspecified atom stereocenters. The maximum Gasteiger partial charge on any atom is 0.326 e. The summed E-state index contributed by atoms with van der Waals surface area (Å²) in [4.78, 5) is 15.2. The van der Waals surface area contributed by atoms with Gasteiger partial charge in [0.15, 0.2) is 0 Å². The van der Waals surface area contributed by atoms with Gasteiger partial charge in [-0.25, -0.2) is 0 Å². The number of methoxy groups -OCH3 is 1. The normalized spacial score (nSPS) is 18.5. The lowest BCUT2D eigenvalue weighted by Gasteiger charge is -2.29. The maximum absolute atomic E-state index is 11.9. The molecule has 0 aliphatic carbocycles. The van der Waals surface area contributed by atoms with Crippen LogP contribution in [0.5, 0.6) is 5.75 Å². The van der Waals surface area contributed by atoms with Crippen molar-refractivity contribution in [3.05, 3.63) is 65.4 Å². The van der Waals surface area contributed by atoms with Gasteiger partial charge in [0.2, 0.25) is 0 Å². The van der Waals surface area contributed by atoms with Crippen LogP contribution in [0.4, 0.5) is 0 Å². The minimum absolute atomic E-state index is 0.172. The summed E-state index contributed by atoms with van der Waals surface area (Å²) in [6.07, 6.45) is 6.33. The predicted octanol–water partition coefficient (Wildman–Crippen LogP) is 4.62. The van der Waals surface area contributed by atoms with Gasteiger partial charge in [-0.3, -0.25) is 10.1 Å². The first-order valence-corrected chi connectivity index (χ1v) is 10.4. The van der Waals surface area contributed by atoms with Crippen molar-refractivity contribution in [1.29, 1.82) is 0 Å². The fraction of sp³-hybridized carbons (Fsp3) is 0.375. The number of aromatic amines is 1. The van der Waals surface area contributed by atoms with Crippen LogP contribution in [0.3, 0.4) is 0 Å². The Morgan fingerprint density at radius 2 is 1.97 bits per heavy atom. The van der Waals surface area contributed by atoms with Crippen molar-refractivity contribution >= 4 is 16.9 Å². The third-order valence-electron chi connectivity index (χ3n) is 5.90. The summed E-state index contributed by atoms with van der Waals surface area (Å²) in [5.74, 6) is -0.0410. The van der Waals surface area contributed by atoms with E-state index in [4.69, 9.17) is 4.74 Å².